The minimum absolute atomic E-state index is 0.00297. The molecule has 1 aliphatic heterocycles. The Kier molecular flexibility index (Phi) is 7.84. The predicted octanol–water partition coefficient (Wildman–Crippen LogP) is 4.41. The molecule has 8 nitrogen and oxygen atoms in total. The van der Waals surface area contributed by atoms with Gasteiger partial charge in [-0.25, -0.2) is 0 Å². The van der Waals surface area contributed by atoms with Crippen molar-refractivity contribution in [3.8, 4) is 28.7 Å². The van der Waals surface area contributed by atoms with Gasteiger partial charge in [0.2, 0.25) is 0 Å². The van der Waals surface area contributed by atoms with Crippen LogP contribution in [-0.4, -0.2) is 48.7 Å². The summed E-state index contributed by atoms with van der Waals surface area (Å²) in [6.07, 6.45) is 2.61. The van der Waals surface area contributed by atoms with Crippen molar-refractivity contribution < 1.29 is 39.1 Å². The van der Waals surface area contributed by atoms with E-state index in [-0.39, 0.29) is 64.8 Å². The zero-order valence-electron chi connectivity index (χ0n) is 19.3. The number of phenols is 3. The van der Waals surface area contributed by atoms with Crippen molar-refractivity contribution in [1.82, 2.24) is 0 Å². The van der Waals surface area contributed by atoms with Crippen molar-refractivity contribution >= 4 is 5.78 Å². The lowest BCUT2D eigenvalue weighted by Crippen LogP contribution is -2.21. The summed E-state index contributed by atoms with van der Waals surface area (Å²) in [6.45, 7) is 1.94. The largest absolute Gasteiger partial charge is 0.507 e. The van der Waals surface area contributed by atoms with E-state index < -0.39 is 6.10 Å². The molecule has 0 saturated carbocycles. The number of methoxy groups -OCH3 is 3. The van der Waals surface area contributed by atoms with Gasteiger partial charge in [0, 0.05) is 32.3 Å². The molecule has 0 fully saturated rings. The van der Waals surface area contributed by atoms with Gasteiger partial charge in [-0.1, -0.05) is 17.7 Å². The Balaban J connectivity index is 1.81. The van der Waals surface area contributed by atoms with Crippen LogP contribution in [0.4, 0.5) is 0 Å². The van der Waals surface area contributed by atoms with Crippen LogP contribution in [0.15, 0.2) is 35.9 Å². The molecule has 0 aromatic heterocycles. The van der Waals surface area contributed by atoms with Gasteiger partial charge in [0.25, 0.3) is 0 Å². The SMILES string of the molecule is COc1cc(C2CC(=O)c3c(cc(O)c(CC=C(C)CCC(OC)OC)c3O)O2)ccc1O. The zero-order chi connectivity index (χ0) is 24.1. The highest BCUT2D eigenvalue weighted by atomic mass is 16.7. The summed E-state index contributed by atoms with van der Waals surface area (Å²) in [6, 6.07) is 6.06. The summed E-state index contributed by atoms with van der Waals surface area (Å²) in [7, 11) is 4.60. The van der Waals surface area contributed by atoms with Crippen LogP contribution in [0.3, 0.4) is 0 Å². The van der Waals surface area contributed by atoms with Crippen LogP contribution in [-0.2, 0) is 15.9 Å². The van der Waals surface area contributed by atoms with Gasteiger partial charge in [0.1, 0.15) is 28.9 Å². The van der Waals surface area contributed by atoms with Gasteiger partial charge in [-0.2, -0.15) is 0 Å². The van der Waals surface area contributed by atoms with Crippen molar-refractivity contribution in [3.63, 3.8) is 0 Å². The smallest absolute Gasteiger partial charge is 0.174 e. The lowest BCUT2D eigenvalue weighted by atomic mass is 9.92. The molecular formula is C25H30O8. The number of aromatic hydroxyl groups is 3. The first-order chi connectivity index (χ1) is 15.8. The Labute approximate surface area is 193 Å². The summed E-state index contributed by atoms with van der Waals surface area (Å²) < 4.78 is 21.4. The molecule has 0 amide bonds. The monoisotopic (exact) mass is 458 g/mol. The lowest BCUT2D eigenvalue weighted by Gasteiger charge is -2.27. The quantitative estimate of drug-likeness (QED) is 0.374. The van der Waals surface area contributed by atoms with Crippen LogP contribution in [0.2, 0.25) is 0 Å². The van der Waals surface area contributed by atoms with E-state index in [9.17, 15) is 20.1 Å². The number of ketones is 1. The van der Waals surface area contributed by atoms with Gasteiger partial charge < -0.3 is 34.3 Å². The minimum Gasteiger partial charge on any atom is -0.507 e. The molecule has 0 saturated heterocycles. The second-order valence-electron chi connectivity index (χ2n) is 7.96. The van der Waals surface area contributed by atoms with E-state index in [1.54, 1.807) is 26.4 Å². The molecule has 3 rings (SSSR count). The lowest BCUT2D eigenvalue weighted by molar-refractivity contribution is -0.105. The van der Waals surface area contributed by atoms with Gasteiger partial charge in [-0.3, -0.25) is 4.79 Å². The molecule has 3 N–H and O–H groups in total. The van der Waals surface area contributed by atoms with Crippen molar-refractivity contribution in [2.45, 2.75) is 45.0 Å². The molecule has 1 unspecified atom stereocenters. The highest BCUT2D eigenvalue weighted by Gasteiger charge is 2.33. The fraction of sp³-hybridized carbons (Fsp3) is 0.400. The highest BCUT2D eigenvalue weighted by molar-refractivity contribution is 6.03. The molecule has 8 heteroatoms. The number of phenolic OH excluding ortho intramolecular Hbond substituents is 3. The summed E-state index contributed by atoms with van der Waals surface area (Å²) in [4.78, 5) is 12.9. The molecule has 0 spiro atoms. The van der Waals surface area contributed by atoms with Gasteiger partial charge in [0.15, 0.2) is 23.6 Å². The fourth-order valence-electron chi connectivity index (χ4n) is 3.84. The molecule has 0 bridgehead atoms. The third-order valence-corrected chi connectivity index (χ3v) is 5.80. The Hall–Kier alpha value is -3.23. The minimum atomic E-state index is -0.638. The van der Waals surface area contributed by atoms with Gasteiger partial charge >= 0.3 is 0 Å². The molecule has 0 aliphatic carbocycles. The maximum absolute atomic E-state index is 12.9. The molecule has 1 atom stereocenters. The van der Waals surface area contributed by atoms with Crippen LogP contribution in [0.1, 0.15) is 53.8 Å². The molecular weight excluding hydrogens is 428 g/mol. The molecule has 2 aromatic carbocycles. The molecule has 178 valence electrons. The van der Waals surface area contributed by atoms with Crippen LogP contribution in [0, 0.1) is 0 Å². The van der Waals surface area contributed by atoms with E-state index in [4.69, 9.17) is 18.9 Å². The molecule has 2 aromatic rings. The summed E-state index contributed by atoms with van der Waals surface area (Å²) in [5.74, 6) is -0.361. The van der Waals surface area contributed by atoms with E-state index in [0.29, 0.717) is 12.0 Å². The number of benzene rings is 2. The van der Waals surface area contributed by atoms with Crippen molar-refractivity contribution in [1.29, 1.82) is 0 Å². The van der Waals surface area contributed by atoms with Crippen LogP contribution in [0.25, 0.3) is 0 Å². The van der Waals surface area contributed by atoms with E-state index in [1.165, 1.54) is 19.2 Å². The van der Waals surface area contributed by atoms with Crippen LogP contribution >= 0.6 is 0 Å². The third-order valence-electron chi connectivity index (χ3n) is 5.80. The number of ether oxygens (including phenoxy) is 4. The summed E-state index contributed by atoms with van der Waals surface area (Å²) >= 11 is 0. The standard InChI is InChI=1S/C25H30O8/c1-14(6-10-23(31-3)32-4)5-8-16-18(27)12-22-24(25(16)29)19(28)13-20(33-22)15-7-9-17(26)21(11-15)30-2/h5,7,9,11-12,20,23,26-27,29H,6,8,10,13H2,1-4H3. The van der Waals surface area contributed by atoms with Crippen molar-refractivity contribution in [2.75, 3.05) is 21.3 Å². The van der Waals surface area contributed by atoms with Gasteiger partial charge in [-0.15, -0.1) is 0 Å². The normalized spacial score (nSPS) is 16.0. The first-order valence-corrected chi connectivity index (χ1v) is 10.6. The average molecular weight is 459 g/mol. The Morgan fingerprint density at radius 2 is 1.88 bits per heavy atom. The topological polar surface area (TPSA) is 115 Å². The van der Waals surface area contributed by atoms with Gasteiger partial charge in [-0.05, 0) is 37.5 Å². The van der Waals surface area contributed by atoms with E-state index >= 15 is 0 Å². The van der Waals surface area contributed by atoms with Crippen LogP contribution < -0.4 is 9.47 Å². The molecule has 1 heterocycles. The van der Waals surface area contributed by atoms with E-state index in [0.717, 1.165) is 12.0 Å². The number of fused-ring (bicyclic) bond motifs is 1. The van der Waals surface area contributed by atoms with E-state index in [2.05, 4.69) is 0 Å². The predicted molar refractivity (Wildman–Crippen MR) is 121 cm³/mol. The average Bonchev–Trinajstić information content (AvgIpc) is 2.79. The molecule has 33 heavy (non-hydrogen) atoms. The third kappa shape index (κ3) is 5.40. The maximum Gasteiger partial charge on any atom is 0.174 e. The number of hydrogen-bond donors (Lipinski definition) is 3. The summed E-state index contributed by atoms with van der Waals surface area (Å²) in [5, 5.41) is 31.1. The van der Waals surface area contributed by atoms with Gasteiger partial charge in [0.05, 0.1) is 13.5 Å². The fourth-order valence-corrected chi connectivity index (χ4v) is 3.84. The second kappa shape index (κ2) is 10.6. The summed E-state index contributed by atoms with van der Waals surface area (Å²) in [5.41, 5.74) is 2.00. The highest BCUT2D eigenvalue weighted by Crippen LogP contribution is 2.45. The number of carbonyl (C=O) groups is 1. The molecule has 0 radical (unpaired) electrons. The van der Waals surface area contributed by atoms with E-state index in [1.807, 2.05) is 13.0 Å². The number of carbonyl (C=O) groups excluding carboxylic acids is 1. The van der Waals surface area contributed by atoms with Crippen LogP contribution in [0.5, 0.6) is 28.7 Å². The number of allylic oxidation sites excluding steroid dienone is 2. The Bertz CT molecular complexity index is 1040. The number of hydrogen-bond acceptors (Lipinski definition) is 8. The molecule has 1 aliphatic rings. The van der Waals surface area contributed by atoms with Crippen molar-refractivity contribution in [2.24, 2.45) is 0 Å². The number of rotatable bonds is 9. The Morgan fingerprint density at radius 1 is 1.15 bits per heavy atom. The Morgan fingerprint density at radius 3 is 2.55 bits per heavy atom. The first kappa shape index (κ1) is 24.4. The number of Topliss-reactive ketones (excluding diaryl/α,β-unsaturated/α-hetero) is 1. The maximum atomic E-state index is 12.9. The zero-order valence-corrected chi connectivity index (χ0v) is 19.3. The second-order valence-corrected chi connectivity index (χ2v) is 7.96. The first-order valence-electron chi connectivity index (χ1n) is 10.6. The van der Waals surface area contributed by atoms with Crippen molar-refractivity contribution in [3.05, 3.63) is 52.6 Å².